The van der Waals surface area contributed by atoms with Crippen LogP contribution in [-0.2, 0) is 6.54 Å². The molecule has 27 heavy (non-hydrogen) atoms. The molecule has 1 aromatic rings. The van der Waals surface area contributed by atoms with Crippen molar-refractivity contribution in [2.24, 2.45) is 10.9 Å². The molecule has 2 rings (SSSR count). The van der Waals surface area contributed by atoms with Gasteiger partial charge in [0.1, 0.15) is 6.54 Å². The van der Waals surface area contributed by atoms with Crippen molar-refractivity contribution in [1.29, 1.82) is 0 Å². The first-order chi connectivity index (χ1) is 12.6. The summed E-state index contributed by atoms with van der Waals surface area (Å²) in [6.45, 7) is 14.8. The van der Waals surface area contributed by atoms with Crippen LogP contribution in [0, 0.1) is 5.92 Å². The topological polar surface area (TPSA) is 65.7 Å². The average molecular weight is 491 g/mol. The predicted molar refractivity (Wildman–Crippen MR) is 123 cm³/mol. The van der Waals surface area contributed by atoms with Crippen LogP contribution in [0.25, 0.3) is 0 Å². The molecule has 1 aromatic heterocycles. The van der Waals surface area contributed by atoms with Crippen molar-refractivity contribution in [3.63, 3.8) is 0 Å². The molecule has 1 saturated heterocycles. The third-order valence-corrected chi connectivity index (χ3v) is 4.84. The first-order valence-electron chi connectivity index (χ1n) is 10.3. The Morgan fingerprint density at radius 2 is 2.19 bits per heavy atom. The molecule has 2 N–H and O–H groups in total. The lowest BCUT2D eigenvalue weighted by molar-refractivity contribution is 0.181. The number of hydrogen-bond acceptors (Lipinski definition) is 4. The molecular weight excluding hydrogens is 453 g/mol. The zero-order chi connectivity index (χ0) is 18.8. The van der Waals surface area contributed by atoms with Gasteiger partial charge in [-0.1, -0.05) is 25.9 Å². The van der Waals surface area contributed by atoms with Gasteiger partial charge in [0.25, 0.3) is 0 Å². The number of piperidine rings is 1. The van der Waals surface area contributed by atoms with Crippen molar-refractivity contribution in [3.8, 4) is 0 Å². The highest BCUT2D eigenvalue weighted by atomic mass is 127. The van der Waals surface area contributed by atoms with E-state index in [4.69, 9.17) is 4.52 Å². The number of hydrogen-bond donors (Lipinski definition) is 2. The summed E-state index contributed by atoms with van der Waals surface area (Å²) >= 11 is 0. The van der Waals surface area contributed by atoms with Crippen molar-refractivity contribution in [3.05, 3.63) is 17.5 Å². The molecular formula is C20H38IN5O. The first-order valence-corrected chi connectivity index (χ1v) is 10.3. The first kappa shape index (κ1) is 24.2. The molecule has 0 aliphatic carbocycles. The van der Waals surface area contributed by atoms with E-state index in [1.54, 1.807) is 0 Å². The van der Waals surface area contributed by atoms with Crippen molar-refractivity contribution < 1.29 is 4.52 Å². The Balaban J connectivity index is 0.00000364. The maximum absolute atomic E-state index is 5.36. The minimum absolute atomic E-state index is 0. The number of aliphatic imine (C=N–C) groups is 1. The molecule has 1 aliphatic rings. The second kappa shape index (κ2) is 13.4. The summed E-state index contributed by atoms with van der Waals surface area (Å²) in [6.07, 6.45) is 5.15. The number of unbranched alkanes of at least 4 members (excludes halogenated alkanes) is 1. The van der Waals surface area contributed by atoms with Gasteiger partial charge in [-0.2, -0.15) is 0 Å². The second-order valence-electron chi connectivity index (χ2n) is 7.75. The lowest BCUT2D eigenvalue weighted by atomic mass is 10.0. The normalized spacial score (nSPS) is 18.4. The van der Waals surface area contributed by atoms with Gasteiger partial charge in [-0.15, -0.1) is 24.0 Å². The third-order valence-electron chi connectivity index (χ3n) is 4.84. The average Bonchev–Trinajstić information content (AvgIpc) is 3.08. The Morgan fingerprint density at radius 3 is 2.85 bits per heavy atom. The minimum atomic E-state index is 0. The SMILES string of the molecule is CCNC(=NCc1cc(C(C)C)no1)NCCCCN1CCCC(C)C1.I. The number of aromatic nitrogens is 1. The summed E-state index contributed by atoms with van der Waals surface area (Å²) < 4.78 is 5.36. The molecule has 0 amide bonds. The molecule has 1 atom stereocenters. The highest BCUT2D eigenvalue weighted by molar-refractivity contribution is 14.0. The fourth-order valence-electron chi connectivity index (χ4n) is 3.33. The Hall–Kier alpha value is -0.830. The van der Waals surface area contributed by atoms with E-state index in [1.165, 1.54) is 38.9 Å². The van der Waals surface area contributed by atoms with Crippen LogP contribution in [0.1, 0.15) is 70.8 Å². The van der Waals surface area contributed by atoms with Gasteiger partial charge in [0.05, 0.1) is 5.69 Å². The van der Waals surface area contributed by atoms with E-state index >= 15 is 0 Å². The van der Waals surface area contributed by atoms with Crippen molar-refractivity contribution >= 4 is 29.9 Å². The van der Waals surface area contributed by atoms with Crippen LogP contribution in [0.2, 0.25) is 0 Å². The van der Waals surface area contributed by atoms with Crippen molar-refractivity contribution in [2.45, 2.75) is 65.8 Å². The summed E-state index contributed by atoms with van der Waals surface area (Å²) in [4.78, 5) is 7.22. The zero-order valence-electron chi connectivity index (χ0n) is 17.5. The van der Waals surface area contributed by atoms with Gasteiger partial charge in [0, 0.05) is 25.7 Å². The van der Waals surface area contributed by atoms with Gasteiger partial charge in [-0.05, 0) is 57.5 Å². The van der Waals surface area contributed by atoms with Gasteiger partial charge < -0.3 is 20.1 Å². The largest absolute Gasteiger partial charge is 0.359 e. The van der Waals surface area contributed by atoms with E-state index in [2.05, 4.69) is 53.4 Å². The van der Waals surface area contributed by atoms with Crippen LogP contribution in [0.4, 0.5) is 0 Å². The predicted octanol–water partition coefficient (Wildman–Crippen LogP) is 3.98. The highest BCUT2D eigenvalue weighted by Crippen LogP contribution is 2.16. The molecule has 6 nitrogen and oxygen atoms in total. The van der Waals surface area contributed by atoms with E-state index < -0.39 is 0 Å². The van der Waals surface area contributed by atoms with Gasteiger partial charge in [0.2, 0.25) is 0 Å². The highest BCUT2D eigenvalue weighted by Gasteiger charge is 2.15. The third kappa shape index (κ3) is 9.27. The van der Waals surface area contributed by atoms with Crippen LogP contribution in [0.5, 0.6) is 0 Å². The molecule has 7 heteroatoms. The monoisotopic (exact) mass is 491 g/mol. The van der Waals surface area contributed by atoms with E-state index in [1.807, 2.05) is 6.07 Å². The molecule has 1 aliphatic heterocycles. The van der Waals surface area contributed by atoms with Crippen LogP contribution < -0.4 is 10.6 Å². The Kier molecular flexibility index (Phi) is 12.0. The summed E-state index contributed by atoms with van der Waals surface area (Å²) in [6, 6.07) is 2.00. The van der Waals surface area contributed by atoms with Crippen LogP contribution >= 0.6 is 24.0 Å². The minimum Gasteiger partial charge on any atom is -0.359 e. The maximum Gasteiger partial charge on any atom is 0.191 e. The molecule has 0 saturated carbocycles. The number of likely N-dealkylation sites (tertiary alicyclic amines) is 1. The number of nitrogens with one attached hydrogen (secondary N) is 2. The fourth-order valence-corrected chi connectivity index (χ4v) is 3.33. The second-order valence-corrected chi connectivity index (χ2v) is 7.75. The van der Waals surface area contributed by atoms with E-state index in [0.29, 0.717) is 12.5 Å². The summed E-state index contributed by atoms with van der Waals surface area (Å²) in [5.41, 5.74) is 0.986. The van der Waals surface area contributed by atoms with Crippen LogP contribution in [0.15, 0.2) is 15.6 Å². The van der Waals surface area contributed by atoms with Gasteiger partial charge >= 0.3 is 0 Å². The lowest BCUT2D eigenvalue weighted by Crippen LogP contribution is -2.38. The van der Waals surface area contributed by atoms with Gasteiger partial charge in [-0.25, -0.2) is 4.99 Å². The Morgan fingerprint density at radius 1 is 1.37 bits per heavy atom. The molecule has 1 unspecified atom stereocenters. The quantitative estimate of drug-likeness (QED) is 0.237. The molecule has 0 bridgehead atoms. The van der Waals surface area contributed by atoms with Crippen molar-refractivity contribution in [1.82, 2.24) is 20.7 Å². The van der Waals surface area contributed by atoms with Crippen molar-refractivity contribution in [2.75, 3.05) is 32.7 Å². The molecule has 156 valence electrons. The van der Waals surface area contributed by atoms with E-state index in [0.717, 1.165) is 42.8 Å². The molecule has 0 radical (unpaired) electrons. The molecule has 2 heterocycles. The number of nitrogens with zero attached hydrogens (tertiary/aromatic N) is 3. The summed E-state index contributed by atoms with van der Waals surface area (Å²) in [5.74, 6) is 2.90. The Bertz CT molecular complexity index is 546. The standard InChI is InChI=1S/C20H37N5O.HI/c1-5-21-20(23-14-18-13-19(16(2)3)24-26-18)22-10-6-7-11-25-12-8-9-17(4)15-25;/h13,16-17H,5-12,14-15H2,1-4H3,(H2,21,22,23);1H. The van der Waals surface area contributed by atoms with E-state index in [9.17, 15) is 0 Å². The lowest BCUT2D eigenvalue weighted by Gasteiger charge is -2.30. The number of rotatable bonds is 9. The van der Waals surface area contributed by atoms with Crippen LogP contribution in [0.3, 0.4) is 0 Å². The smallest absolute Gasteiger partial charge is 0.191 e. The van der Waals surface area contributed by atoms with Crippen LogP contribution in [-0.4, -0.2) is 48.7 Å². The number of guanidine groups is 1. The Labute approximate surface area is 181 Å². The maximum atomic E-state index is 5.36. The van der Waals surface area contributed by atoms with Gasteiger partial charge in [0.15, 0.2) is 11.7 Å². The van der Waals surface area contributed by atoms with E-state index in [-0.39, 0.29) is 24.0 Å². The zero-order valence-corrected chi connectivity index (χ0v) is 19.8. The summed E-state index contributed by atoms with van der Waals surface area (Å²) in [7, 11) is 0. The molecule has 0 aromatic carbocycles. The molecule has 1 fully saturated rings. The van der Waals surface area contributed by atoms with Gasteiger partial charge in [-0.3, -0.25) is 0 Å². The summed E-state index contributed by atoms with van der Waals surface area (Å²) in [5, 5.41) is 10.8. The molecule has 0 spiro atoms. The fraction of sp³-hybridized carbons (Fsp3) is 0.800. The number of halogens is 1.